The highest BCUT2D eigenvalue weighted by molar-refractivity contribution is 7.89. The van der Waals surface area contributed by atoms with Gasteiger partial charge in [-0.25, -0.2) is 22.3 Å². The number of halogens is 1. The van der Waals surface area contributed by atoms with Crippen molar-refractivity contribution >= 4 is 16.0 Å². The van der Waals surface area contributed by atoms with E-state index in [4.69, 9.17) is 9.52 Å². The first-order chi connectivity index (χ1) is 9.79. The molecule has 0 fully saturated rings. The minimum atomic E-state index is -3.91. The Hall–Kier alpha value is -2.19. The summed E-state index contributed by atoms with van der Waals surface area (Å²) in [5.74, 6) is -2.23. The summed E-state index contributed by atoms with van der Waals surface area (Å²) in [5, 5.41) is 8.78. The summed E-state index contributed by atoms with van der Waals surface area (Å²) >= 11 is 0. The smallest absolute Gasteiger partial charge is 0.371 e. The van der Waals surface area contributed by atoms with Crippen molar-refractivity contribution in [3.8, 4) is 0 Å². The van der Waals surface area contributed by atoms with Crippen LogP contribution >= 0.6 is 0 Å². The number of sulfonamides is 1. The third-order valence-corrected chi connectivity index (χ3v) is 4.26. The zero-order valence-electron chi connectivity index (χ0n) is 11.0. The Morgan fingerprint density at radius 3 is 2.48 bits per heavy atom. The molecule has 112 valence electrons. The van der Waals surface area contributed by atoms with E-state index in [0.717, 1.165) is 6.07 Å². The first-order valence-electron chi connectivity index (χ1n) is 5.87. The minimum Gasteiger partial charge on any atom is -0.475 e. The molecule has 0 aliphatic carbocycles. The van der Waals surface area contributed by atoms with Crippen molar-refractivity contribution in [3.63, 3.8) is 0 Å². The molecule has 0 unspecified atom stereocenters. The average Bonchev–Trinajstić information content (AvgIpc) is 2.81. The van der Waals surface area contributed by atoms with Gasteiger partial charge in [0.15, 0.2) is 0 Å². The van der Waals surface area contributed by atoms with E-state index in [2.05, 4.69) is 4.72 Å². The van der Waals surface area contributed by atoms with E-state index in [9.17, 15) is 17.6 Å². The van der Waals surface area contributed by atoms with Crippen LogP contribution in [0.25, 0.3) is 0 Å². The molecule has 0 saturated heterocycles. The van der Waals surface area contributed by atoms with Gasteiger partial charge in [0, 0.05) is 12.6 Å². The Morgan fingerprint density at radius 2 is 1.95 bits per heavy atom. The number of carboxylic acids is 1. The molecule has 0 aliphatic heterocycles. The third-order valence-electron chi connectivity index (χ3n) is 2.75. The van der Waals surface area contributed by atoms with Gasteiger partial charge in [0.05, 0.1) is 0 Å². The zero-order chi connectivity index (χ0) is 15.6. The van der Waals surface area contributed by atoms with Crippen LogP contribution in [0.5, 0.6) is 0 Å². The molecule has 1 heterocycles. The number of aromatic carboxylic acids is 1. The van der Waals surface area contributed by atoms with E-state index >= 15 is 0 Å². The van der Waals surface area contributed by atoms with Crippen molar-refractivity contribution in [1.29, 1.82) is 0 Å². The van der Waals surface area contributed by atoms with Gasteiger partial charge in [-0.3, -0.25) is 0 Å². The number of carboxylic acid groups (broad SMARTS) is 1. The van der Waals surface area contributed by atoms with Gasteiger partial charge in [0.25, 0.3) is 0 Å². The first-order valence-corrected chi connectivity index (χ1v) is 7.36. The lowest BCUT2D eigenvalue weighted by Gasteiger charge is -2.05. The molecule has 0 aliphatic rings. The minimum absolute atomic E-state index is 0.0148. The largest absolute Gasteiger partial charge is 0.475 e. The van der Waals surface area contributed by atoms with Crippen LogP contribution in [0.2, 0.25) is 0 Å². The highest BCUT2D eigenvalue weighted by atomic mass is 32.2. The number of hydrogen-bond donors (Lipinski definition) is 2. The van der Waals surface area contributed by atoms with Crippen molar-refractivity contribution < 1.29 is 27.1 Å². The molecule has 0 spiro atoms. The summed E-state index contributed by atoms with van der Waals surface area (Å²) in [4.78, 5) is 10.5. The predicted molar refractivity (Wildman–Crippen MR) is 70.8 cm³/mol. The maximum atomic E-state index is 12.8. The van der Waals surface area contributed by atoms with Gasteiger partial charge in [-0.1, -0.05) is 12.1 Å². The number of carbonyl (C=O) groups is 1. The summed E-state index contributed by atoms with van der Waals surface area (Å²) in [6.07, 6.45) is 0. The highest BCUT2D eigenvalue weighted by Gasteiger charge is 2.23. The molecule has 0 bridgehead atoms. The molecule has 2 rings (SSSR count). The monoisotopic (exact) mass is 313 g/mol. The molecular weight excluding hydrogens is 301 g/mol. The fourth-order valence-corrected chi connectivity index (χ4v) is 2.89. The van der Waals surface area contributed by atoms with Gasteiger partial charge in [-0.15, -0.1) is 0 Å². The van der Waals surface area contributed by atoms with Crippen LogP contribution in [0.15, 0.2) is 39.6 Å². The Kier molecular flexibility index (Phi) is 4.10. The van der Waals surface area contributed by atoms with Gasteiger partial charge in [-0.05, 0) is 24.6 Å². The Bertz CT molecular complexity index is 764. The molecule has 0 saturated carbocycles. The lowest BCUT2D eigenvalue weighted by Crippen LogP contribution is -2.23. The standard InChI is InChI=1S/C13H12FNO5S/c1-8-12(6-11(20-8)13(16)17)21(18,19)15-7-9-2-4-10(14)5-3-9/h2-6,15H,7H2,1H3,(H,16,17). The van der Waals surface area contributed by atoms with E-state index in [1.54, 1.807) is 0 Å². The van der Waals surface area contributed by atoms with Gasteiger partial charge in [0.2, 0.25) is 15.8 Å². The normalized spacial score (nSPS) is 11.5. The number of furan rings is 1. The quantitative estimate of drug-likeness (QED) is 0.879. The lowest BCUT2D eigenvalue weighted by atomic mass is 10.2. The number of rotatable bonds is 5. The van der Waals surface area contributed by atoms with Crippen LogP contribution in [0.1, 0.15) is 21.9 Å². The van der Waals surface area contributed by atoms with Crippen LogP contribution in [-0.4, -0.2) is 19.5 Å². The summed E-state index contributed by atoms with van der Waals surface area (Å²) < 4.78 is 44.1. The molecule has 0 amide bonds. The molecule has 8 heteroatoms. The second-order valence-corrected chi connectivity index (χ2v) is 6.02. The third kappa shape index (κ3) is 3.47. The van der Waals surface area contributed by atoms with E-state index < -0.39 is 27.6 Å². The van der Waals surface area contributed by atoms with Gasteiger partial charge in [0.1, 0.15) is 16.5 Å². The summed E-state index contributed by atoms with van der Waals surface area (Å²) in [6, 6.07) is 6.28. The maximum Gasteiger partial charge on any atom is 0.371 e. The second-order valence-electron chi connectivity index (χ2n) is 4.29. The summed E-state index contributed by atoms with van der Waals surface area (Å²) in [5.41, 5.74) is 0.569. The van der Waals surface area contributed by atoms with Crippen LogP contribution in [0, 0.1) is 12.7 Å². The molecular formula is C13H12FNO5S. The van der Waals surface area contributed by atoms with Crippen LogP contribution < -0.4 is 4.72 Å². The van der Waals surface area contributed by atoms with Gasteiger partial charge < -0.3 is 9.52 Å². The molecule has 2 aromatic rings. The lowest BCUT2D eigenvalue weighted by molar-refractivity contribution is 0.0661. The summed E-state index contributed by atoms with van der Waals surface area (Å²) in [6.45, 7) is 1.31. The Balaban J connectivity index is 2.18. The molecule has 6 nitrogen and oxygen atoms in total. The zero-order valence-corrected chi connectivity index (χ0v) is 11.8. The molecule has 2 N–H and O–H groups in total. The van der Waals surface area contributed by atoms with Gasteiger partial charge >= 0.3 is 5.97 Å². The average molecular weight is 313 g/mol. The molecule has 0 radical (unpaired) electrons. The molecule has 0 atom stereocenters. The van der Waals surface area contributed by atoms with E-state index in [0.29, 0.717) is 5.56 Å². The highest BCUT2D eigenvalue weighted by Crippen LogP contribution is 2.20. The van der Waals surface area contributed by atoms with E-state index in [-0.39, 0.29) is 17.2 Å². The number of benzene rings is 1. The van der Waals surface area contributed by atoms with Crippen LogP contribution in [0.4, 0.5) is 4.39 Å². The van der Waals surface area contributed by atoms with E-state index in [1.165, 1.54) is 31.2 Å². The first kappa shape index (κ1) is 15.2. The van der Waals surface area contributed by atoms with Crippen molar-refractivity contribution in [2.45, 2.75) is 18.4 Å². The van der Waals surface area contributed by atoms with Crippen molar-refractivity contribution in [1.82, 2.24) is 4.72 Å². The fraction of sp³-hybridized carbons (Fsp3) is 0.154. The van der Waals surface area contributed by atoms with Crippen molar-refractivity contribution in [2.75, 3.05) is 0 Å². The van der Waals surface area contributed by atoms with Crippen LogP contribution in [0.3, 0.4) is 0 Å². The topological polar surface area (TPSA) is 96.6 Å². The number of hydrogen-bond acceptors (Lipinski definition) is 4. The fourth-order valence-electron chi connectivity index (χ4n) is 1.70. The second kappa shape index (κ2) is 5.66. The molecule has 1 aromatic carbocycles. The Labute approximate surface area is 120 Å². The number of nitrogens with one attached hydrogen (secondary N) is 1. The van der Waals surface area contributed by atoms with E-state index in [1.807, 2.05) is 0 Å². The van der Waals surface area contributed by atoms with Gasteiger partial charge in [-0.2, -0.15) is 0 Å². The summed E-state index contributed by atoms with van der Waals surface area (Å²) in [7, 11) is -3.91. The van der Waals surface area contributed by atoms with Crippen molar-refractivity contribution in [2.24, 2.45) is 0 Å². The SMILES string of the molecule is Cc1oc(C(=O)O)cc1S(=O)(=O)NCc1ccc(F)cc1. The molecule has 1 aromatic heterocycles. The van der Waals surface area contributed by atoms with Crippen molar-refractivity contribution in [3.05, 3.63) is 53.2 Å². The predicted octanol–water partition coefficient (Wildman–Crippen LogP) is 1.90. The molecule has 21 heavy (non-hydrogen) atoms. The van der Waals surface area contributed by atoms with Crippen LogP contribution in [-0.2, 0) is 16.6 Å². The Morgan fingerprint density at radius 1 is 1.33 bits per heavy atom. The number of aryl methyl sites for hydroxylation is 1. The maximum absolute atomic E-state index is 12.8.